The molecule has 26 heavy (non-hydrogen) atoms. The van der Waals surface area contributed by atoms with Gasteiger partial charge in [-0.2, -0.15) is 0 Å². The van der Waals surface area contributed by atoms with E-state index in [0.29, 0.717) is 30.0 Å². The van der Waals surface area contributed by atoms with Crippen LogP contribution in [-0.2, 0) is 0 Å². The molecule has 1 heterocycles. The van der Waals surface area contributed by atoms with Crippen molar-refractivity contribution < 1.29 is 19.2 Å². The number of thiocarbonyl (C=S) groups is 1. The standard InChI is InChI=1S/C19H18N2O4S/c1-12-3-2-4-16-15(12)11-17(25-16)18(22)20-9-10-24-14-7-5-13(6-8-14)19(26)21-23/h2-8,11,23H,9-10H2,1H3,(H,20,22)(H,21,26). The summed E-state index contributed by atoms with van der Waals surface area (Å²) < 4.78 is 11.1. The zero-order valence-corrected chi connectivity index (χ0v) is 14.9. The number of aryl methyl sites for hydroxylation is 1. The maximum atomic E-state index is 12.2. The molecule has 2 aromatic carbocycles. The van der Waals surface area contributed by atoms with Crippen molar-refractivity contribution in [3.63, 3.8) is 0 Å². The summed E-state index contributed by atoms with van der Waals surface area (Å²) in [4.78, 5) is 12.4. The van der Waals surface area contributed by atoms with Gasteiger partial charge in [0.25, 0.3) is 5.91 Å². The minimum Gasteiger partial charge on any atom is -0.492 e. The van der Waals surface area contributed by atoms with Gasteiger partial charge in [0.2, 0.25) is 0 Å². The van der Waals surface area contributed by atoms with Crippen LogP contribution in [0.5, 0.6) is 5.75 Å². The smallest absolute Gasteiger partial charge is 0.287 e. The summed E-state index contributed by atoms with van der Waals surface area (Å²) in [5.74, 6) is 0.644. The molecular formula is C19H18N2O4S. The number of fused-ring (bicyclic) bond motifs is 1. The highest BCUT2D eigenvalue weighted by Crippen LogP contribution is 2.22. The van der Waals surface area contributed by atoms with E-state index < -0.39 is 0 Å². The molecule has 3 rings (SSSR count). The van der Waals surface area contributed by atoms with Crippen molar-refractivity contribution in [2.45, 2.75) is 6.92 Å². The summed E-state index contributed by atoms with van der Waals surface area (Å²) in [6, 6.07) is 14.4. The van der Waals surface area contributed by atoms with Crippen LogP contribution in [0.25, 0.3) is 11.0 Å². The Kier molecular flexibility index (Phi) is 5.50. The Hall–Kier alpha value is -2.90. The first-order valence-electron chi connectivity index (χ1n) is 8.03. The monoisotopic (exact) mass is 370 g/mol. The van der Waals surface area contributed by atoms with Gasteiger partial charge in [-0.05, 0) is 48.9 Å². The summed E-state index contributed by atoms with van der Waals surface area (Å²) in [5.41, 5.74) is 4.37. The van der Waals surface area contributed by atoms with E-state index in [-0.39, 0.29) is 16.7 Å². The number of furan rings is 1. The molecule has 0 aliphatic rings. The molecule has 0 atom stereocenters. The Labute approximate surface area is 155 Å². The van der Waals surface area contributed by atoms with Crippen molar-refractivity contribution in [3.05, 3.63) is 65.4 Å². The number of rotatable bonds is 6. The quantitative estimate of drug-likeness (QED) is 0.351. The van der Waals surface area contributed by atoms with Crippen LogP contribution in [0.4, 0.5) is 0 Å². The SMILES string of the molecule is Cc1cccc2oc(C(=O)NCCOc3ccc(C(=S)NO)cc3)cc12. The van der Waals surface area contributed by atoms with E-state index in [1.54, 1.807) is 30.3 Å². The van der Waals surface area contributed by atoms with Crippen molar-refractivity contribution >= 4 is 34.1 Å². The molecule has 1 amide bonds. The first-order valence-corrected chi connectivity index (χ1v) is 8.44. The molecule has 1 aromatic heterocycles. The minimum atomic E-state index is -0.279. The highest BCUT2D eigenvalue weighted by atomic mass is 32.1. The van der Waals surface area contributed by atoms with Gasteiger partial charge in [-0.3, -0.25) is 15.5 Å². The molecule has 0 saturated carbocycles. The lowest BCUT2D eigenvalue weighted by Crippen LogP contribution is -2.27. The van der Waals surface area contributed by atoms with Crippen LogP contribution in [0, 0.1) is 6.92 Å². The molecule has 134 valence electrons. The van der Waals surface area contributed by atoms with E-state index in [4.69, 9.17) is 26.6 Å². The summed E-state index contributed by atoms with van der Waals surface area (Å²) in [7, 11) is 0. The van der Waals surface area contributed by atoms with E-state index >= 15 is 0 Å². The van der Waals surface area contributed by atoms with Crippen LogP contribution in [0.1, 0.15) is 21.7 Å². The molecule has 0 fully saturated rings. The fraction of sp³-hybridized carbons (Fsp3) is 0.158. The number of hydrogen-bond donors (Lipinski definition) is 3. The summed E-state index contributed by atoms with van der Waals surface area (Å²) in [5, 5.41) is 12.5. The number of benzene rings is 2. The lowest BCUT2D eigenvalue weighted by molar-refractivity contribution is 0.0921. The van der Waals surface area contributed by atoms with Crippen molar-refractivity contribution in [2.75, 3.05) is 13.2 Å². The second-order valence-corrected chi connectivity index (χ2v) is 6.08. The van der Waals surface area contributed by atoms with Gasteiger partial charge in [0, 0.05) is 10.9 Å². The number of nitrogens with one attached hydrogen (secondary N) is 2. The van der Waals surface area contributed by atoms with Gasteiger partial charge < -0.3 is 14.5 Å². The predicted molar refractivity (Wildman–Crippen MR) is 102 cm³/mol. The van der Waals surface area contributed by atoms with E-state index in [9.17, 15) is 4.79 Å². The van der Waals surface area contributed by atoms with Crippen LogP contribution in [-0.4, -0.2) is 29.3 Å². The van der Waals surface area contributed by atoms with Gasteiger partial charge in [-0.1, -0.05) is 24.4 Å². The summed E-state index contributed by atoms with van der Waals surface area (Å²) >= 11 is 4.92. The average Bonchev–Trinajstić information content (AvgIpc) is 3.11. The Morgan fingerprint density at radius 2 is 2.00 bits per heavy atom. The van der Waals surface area contributed by atoms with E-state index in [1.165, 1.54) is 0 Å². The second-order valence-electron chi connectivity index (χ2n) is 5.67. The number of hydrogen-bond acceptors (Lipinski definition) is 5. The minimum absolute atomic E-state index is 0.241. The normalized spacial score (nSPS) is 10.5. The molecule has 0 aliphatic heterocycles. The first kappa shape index (κ1) is 17.9. The van der Waals surface area contributed by atoms with Crippen LogP contribution in [0.3, 0.4) is 0 Å². The zero-order valence-electron chi connectivity index (χ0n) is 14.1. The topological polar surface area (TPSA) is 83.7 Å². The summed E-state index contributed by atoms with van der Waals surface area (Å²) in [6.45, 7) is 2.63. The van der Waals surface area contributed by atoms with Crippen LogP contribution < -0.4 is 15.5 Å². The fourth-order valence-corrected chi connectivity index (χ4v) is 2.64. The number of hydroxylamine groups is 1. The van der Waals surface area contributed by atoms with Crippen molar-refractivity contribution in [3.8, 4) is 5.75 Å². The fourth-order valence-electron chi connectivity index (χ4n) is 2.51. The molecule has 0 saturated heterocycles. The second kappa shape index (κ2) is 7.99. The highest BCUT2D eigenvalue weighted by Gasteiger charge is 2.12. The van der Waals surface area contributed by atoms with Crippen LogP contribution in [0.2, 0.25) is 0 Å². The van der Waals surface area contributed by atoms with E-state index in [1.807, 2.05) is 30.6 Å². The van der Waals surface area contributed by atoms with Crippen molar-refractivity contribution in [2.24, 2.45) is 0 Å². The number of amides is 1. The predicted octanol–water partition coefficient (Wildman–Crippen LogP) is 3.20. The largest absolute Gasteiger partial charge is 0.492 e. The Morgan fingerprint density at radius 3 is 2.69 bits per heavy atom. The molecular weight excluding hydrogens is 352 g/mol. The molecule has 0 aliphatic carbocycles. The van der Waals surface area contributed by atoms with Crippen LogP contribution >= 0.6 is 12.2 Å². The highest BCUT2D eigenvalue weighted by molar-refractivity contribution is 7.80. The third-order valence-electron chi connectivity index (χ3n) is 3.88. The third kappa shape index (κ3) is 4.01. The van der Waals surface area contributed by atoms with E-state index in [2.05, 4.69) is 5.32 Å². The Balaban J connectivity index is 1.50. The van der Waals surface area contributed by atoms with E-state index in [0.717, 1.165) is 10.9 Å². The lowest BCUT2D eigenvalue weighted by Gasteiger charge is -2.08. The molecule has 3 aromatic rings. The molecule has 0 radical (unpaired) electrons. The van der Waals surface area contributed by atoms with Gasteiger partial charge in [-0.25, -0.2) is 0 Å². The molecule has 0 unspecified atom stereocenters. The number of carbonyl (C=O) groups excluding carboxylic acids is 1. The number of carbonyl (C=O) groups is 1. The maximum Gasteiger partial charge on any atom is 0.287 e. The van der Waals surface area contributed by atoms with Gasteiger partial charge >= 0.3 is 0 Å². The first-order chi connectivity index (χ1) is 12.6. The van der Waals surface area contributed by atoms with Gasteiger partial charge in [-0.15, -0.1) is 0 Å². The van der Waals surface area contributed by atoms with Gasteiger partial charge in [0.05, 0.1) is 6.54 Å². The molecule has 0 spiro atoms. The Bertz CT molecular complexity index is 934. The van der Waals surface area contributed by atoms with Crippen LogP contribution in [0.15, 0.2) is 52.9 Å². The Morgan fingerprint density at radius 1 is 1.23 bits per heavy atom. The average molecular weight is 370 g/mol. The molecule has 3 N–H and O–H groups in total. The third-order valence-corrected chi connectivity index (χ3v) is 4.20. The van der Waals surface area contributed by atoms with Crippen molar-refractivity contribution in [1.82, 2.24) is 10.8 Å². The summed E-state index contributed by atoms with van der Waals surface area (Å²) in [6.07, 6.45) is 0. The molecule has 6 nitrogen and oxygen atoms in total. The maximum absolute atomic E-state index is 12.2. The van der Waals surface area contributed by atoms with Gasteiger partial charge in [0.15, 0.2) is 5.76 Å². The number of ether oxygens (including phenoxy) is 1. The van der Waals surface area contributed by atoms with Crippen molar-refractivity contribution in [1.29, 1.82) is 0 Å². The zero-order chi connectivity index (χ0) is 18.5. The molecule has 7 heteroatoms. The van der Waals surface area contributed by atoms with Gasteiger partial charge in [0.1, 0.15) is 22.9 Å². The lowest BCUT2D eigenvalue weighted by atomic mass is 10.1. The molecule has 0 bridgehead atoms.